The molecule has 0 saturated carbocycles. The number of hydrogen-bond acceptors (Lipinski definition) is 4. The van der Waals surface area contributed by atoms with Crippen molar-refractivity contribution in [3.8, 4) is 0 Å². The lowest BCUT2D eigenvalue weighted by molar-refractivity contribution is 0.269. The van der Waals surface area contributed by atoms with Gasteiger partial charge in [0.05, 0.1) is 25.0 Å². The van der Waals surface area contributed by atoms with Crippen molar-refractivity contribution in [3.05, 3.63) is 34.8 Å². The molecular weight excluding hydrogens is 210 g/mol. The molecule has 0 aromatic carbocycles. The van der Waals surface area contributed by atoms with Gasteiger partial charge >= 0.3 is 0 Å². The second-order valence-corrected chi connectivity index (χ2v) is 4.18. The Morgan fingerprint density at radius 2 is 2.47 bits per heavy atom. The van der Waals surface area contributed by atoms with Crippen LogP contribution in [0.2, 0.25) is 0 Å². The summed E-state index contributed by atoms with van der Waals surface area (Å²) in [6.07, 6.45) is 3.66. The summed E-state index contributed by atoms with van der Waals surface area (Å²) in [7, 11) is 0. The first-order chi connectivity index (χ1) is 7.38. The summed E-state index contributed by atoms with van der Waals surface area (Å²) in [6, 6.07) is 4.13. The topological polar surface area (TPSA) is 50.1 Å². The summed E-state index contributed by atoms with van der Waals surface area (Å²) in [4.78, 5) is 1.30. The maximum Gasteiger partial charge on any atom is 0.0729 e. The van der Waals surface area contributed by atoms with E-state index in [9.17, 15) is 0 Å². The van der Waals surface area contributed by atoms with Crippen molar-refractivity contribution in [1.29, 1.82) is 0 Å². The number of nitrogens with one attached hydrogen (secondary N) is 1. The smallest absolute Gasteiger partial charge is 0.0729 e. The van der Waals surface area contributed by atoms with Crippen molar-refractivity contribution < 1.29 is 5.11 Å². The molecule has 15 heavy (non-hydrogen) atoms. The Morgan fingerprint density at radius 1 is 1.53 bits per heavy atom. The number of thiophene rings is 1. The Labute approximate surface area is 92.2 Å². The van der Waals surface area contributed by atoms with E-state index in [4.69, 9.17) is 5.11 Å². The van der Waals surface area contributed by atoms with Gasteiger partial charge in [-0.15, -0.1) is 11.3 Å². The zero-order valence-corrected chi connectivity index (χ0v) is 9.07. The predicted octanol–water partition coefficient (Wildman–Crippen LogP) is 1.55. The van der Waals surface area contributed by atoms with E-state index in [1.807, 2.05) is 12.3 Å². The maximum atomic E-state index is 8.73. The molecule has 0 spiro atoms. The molecule has 0 aliphatic carbocycles. The number of aliphatic hydroxyl groups is 1. The first-order valence-corrected chi connectivity index (χ1v) is 5.66. The van der Waals surface area contributed by atoms with Crippen molar-refractivity contribution in [2.24, 2.45) is 0 Å². The van der Waals surface area contributed by atoms with E-state index in [2.05, 4.69) is 21.9 Å². The van der Waals surface area contributed by atoms with Crippen molar-refractivity contribution in [1.82, 2.24) is 9.78 Å². The molecule has 2 heterocycles. The first kappa shape index (κ1) is 10.2. The van der Waals surface area contributed by atoms with Crippen LogP contribution in [0.5, 0.6) is 0 Å². The Bertz CT molecular complexity index is 396. The molecule has 0 bridgehead atoms. The molecule has 2 aromatic heterocycles. The molecule has 2 rings (SSSR count). The first-order valence-electron chi connectivity index (χ1n) is 4.78. The number of rotatable bonds is 5. The van der Waals surface area contributed by atoms with Gasteiger partial charge in [-0.25, -0.2) is 0 Å². The Hall–Kier alpha value is -1.33. The van der Waals surface area contributed by atoms with Crippen LogP contribution in [-0.4, -0.2) is 21.5 Å². The summed E-state index contributed by atoms with van der Waals surface area (Å²) in [6.45, 7) is 1.48. The van der Waals surface area contributed by atoms with Gasteiger partial charge in [-0.3, -0.25) is 4.68 Å². The second kappa shape index (κ2) is 4.95. The molecule has 4 nitrogen and oxygen atoms in total. The van der Waals surface area contributed by atoms with Crippen LogP contribution in [0.15, 0.2) is 29.9 Å². The van der Waals surface area contributed by atoms with E-state index < -0.39 is 0 Å². The average molecular weight is 223 g/mol. The van der Waals surface area contributed by atoms with Gasteiger partial charge in [0.25, 0.3) is 0 Å². The van der Waals surface area contributed by atoms with Crippen LogP contribution >= 0.6 is 11.3 Å². The molecule has 0 aliphatic rings. The van der Waals surface area contributed by atoms with Gasteiger partial charge in [0.1, 0.15) is 0 Å². The Kier molecular flexibility index (Phi) is 3.37. The maximum absolute atomic E-state index is 8.73. The van der Waals surface area contributed by atoms with Crippen LogP contribution in [0.25, 0.3) is 0 Å². The predicted molar refractivity (Wildman–Crippen MR) is 61.0 cm³/mol. The lowest BCUT2D eigenvalue weighted by atomic mass is 10.4. The minimum atomic E-state index is 0.117. The van der Waals surface area contributed by atoms with Crippen LogP contribution < -0.4 is 5.32 Å². The van der Waals surface area contributed by atoms with Gasteiger partial charge < -0.3 is 10.4 Å². The van der Waals surface area contributed by atoms with Crippen LogP contribution in [0, 0.1) is 0 Å². The third kappa shape index (κ3) is 2.81. The SMILES string of the molecule is OCCn1cc(NCc2cccs2)cn1. The number of hydrogen-bond donors (Lipinski definition) is 2. The van der Waals surface area contributed by atoms with Crippen molar-refractivity contribution >= 4 is 17.0 Å². The molecule has 80 valence electrons. The quantitative estimate of drug-likeness (QED) is 0.808. The van der Waals surface area contributed by atoms with Crippen LogP contribution in [-0.2, 0) is 13.1 Å². The monoisotopic (exact) mass is 223 g/mol. The summed E-state index contributed by atoms with van der Waals surface area (Å²) >= 11 is 1.73. The molecule has 0 amide bonds. The van der Waals surface area contributed by atoms with Crippen molar-refractivity contribution in [2.45, 2.75) is 13.1 Å². The highest BCUT2D eigenvalue weighted by atomic mass is 32.1. The fraction of sp³-hybridized carbons (Fsp3) is 0.300. The highest BCUT2D eigenvalue weighted by molar-refractivity contribution is 7.09. The lowest BCUT2D eigenvalue weighted by Crippen LogP contribution is -2.01. The van der Waals surface area contributed by atoms with E-state index in [0.29, 0.717) is 6.54 Å². The number of aliphatic hydroxyl groups excluding tert-OH is 1. The van der Waals surface area contributed by atoms with E-state index in [1.54, 1.807) is 22.2 Å². The fourth-order valence-corrected chi connectivity index (χ4v) is 1.93. The van der Waals surface area contributed by atoms with Crippen LogP contribution in [0.1, 0.15) is 4.88 Å². The standard InChI is InChI=1S/C10H13N3OS/c14-4-3-13-8-9(6-12-13)11-7-10-2-1-5-15-10/h1-2,5-6,8,11,14H,3-4,7H2. The van der Waals surface area contributed by atoms with Gasteiger partial charge in [-0.1, -0.05) is 6.07 Å². The molecule has 0 aliphatic heterocycles. The molecule has 2 aromatic rings. The van der Waals surface area contributed by atoms with E-state index in [1.165, 1.54) is 4.88 Å². The molecule has 5 heteroatoms. The molecule has 0 fully saturated rings. The van der Waals surface area contributed by atoms with E-state index in [-0.39, 0.29) is 6.61 Å². The second-order valence-electron chi connectivity index (χ2n) is 3.15. The molecular formula is C10H13N3OS. The molecule has 0 radical (unpaired) electrons. The number of aromatic nitrogens is 2. The largest absolute Gasteiger partial charge is 0.394 e. The van der Waals surface area contributed by atoms with Gasteiger partial charge in [0.2, 0.25) is 0 Å². The third-order valence-corrected chi connectivity index (χ3v) is 2.89. The van der Waals surface area contributed by atoms with Crippen molar-refractivity contribution in [2.75, 3.05) is 11.9 Å². The molecule has 0 unspecified atom stereocenters. The highest BCUT2D eigenvalue weighted by Crippen LogP contribution is 2.12. The zero-order chi connectivity index (χ0) is 10.5. The van der Waals surface area contributed by atoms with Crippen LogP contribution in [0.4, 0.5) is 5.69 Å². The van der Waals surface area contributed by atoms with Crippen LogP contribution in [0.3, 0.4) is 0 Å². The Balaban J connectivity index is 1.88. The highest BCUT2D eigenvalue weighted by Gasteiger charge is 1.98. The van der Waals surface area contributed by atoms with E-state index >= 15 is 0 Å². The lowest BCUT2D eigenvalue weighted by Gasteiger charge is -1.99. The molecule has 0 saturated heterocycles. The Morgan fingerprint density at radius 3 is 3.20 bits per heavy atom. The van der Waals surface area contributed by atoms with Gasteiger partial charge in [-0.2, -0.15) is 5.10 Å². The minimum Gasteiger partial charge on any atom is -0.394 e. The van der Waals surface area contributed by atoms with Gasteiger partial charge in [0, 0.05) is 17.6 Å². The summed E-state index contributed by atoms with van der Waals surface area (Å²) in [5, 5.41) is 18.2. The summed E-state index contributed by atoms with van der Waals surface area (Å²) < 4.78 is 1.72. The summed E-state index contributed by atoms with van der Waals surface area (Å²) in [5.74, 6) is 0. The third-order valence-electron chi connectivity index (χ3n) is 2.01. The molecule has 2 N–H and O–H groups in total. The number of anilines is 1. The molecule has 0 atom stereocenters. The fourth-order valence-electron chi connectivity index (χ4n) is 1.28. The van der Waals surface area contributed by atoms with Gasteiger partial charge in [0.15, 0.2) is 0 Å². The zero-order valence-electron chi connectivity index (χ0n) is 8.26. The number of nitrogens with zero attached hydrogens (tertiary/aromatic N) is 2. The van der Waals surface area contributed by atoms with Crippen molar-refractivity contribution in [3.63, 3.8) is 0 Å². The summed E-state index contributed by atoms with van der Waals surface area (Å²) in [5.41, 5.74) is 0.983. The normalized spacial score (nSPS) is 10.5. The average Bonchev–Trinajstić information content (AvgIpc) is 2.85. The minimum absolute atomic E-state index is 0.117. The van der Waals surface area contributed by atoms with Gasteiger partial charge in [-0.05, 0) is 11.4 Å². The van der Waals surface area contributed by atoms with E-state index in [0.717, 1.165) is 12.2 Å².